The first-order valence-corrected chi connectivity index (χ1v) is 11.4. The molecule has 1 aromatic heterocycles. The maximum absolute atomic E-state index is 13.3. The van der Waals surface area contributed by atoms with Gasteiger partial charge in [0.25, 0.3) is 5.91 Å². The Labute approximate surface area is 218 Å². The Kier molecular flexibility index (Phi) is 8.43. The number of rotatable bonds is 8. The minimum atomic E-state index is -0.152. The van der Waals surface area contributed by atoms with Crippen molar-refractivity contribution in [3.63, 3.8) is 0 Å². The number of benzene rings is 3. The van der Waals surface area contributed by atoms with E-state index in [0.29, 0.717) is 23.8 Å². The number of nitrogens with two attached hydrogens (primary N) is 1. The van der Waals surface area contributed by atoms with E-state index in [9.17, 15) is 4.79 Å². The topological polar surface area (TPSA) is 72.5 Å². The van der Waals surface area contributed by atoms with Crippen molar-refractivity contribution >= 4 is 53.2 Å². The lowest BCUT2D eigenvalue weighted by Gasteiger charge is -2.14. The number of carbonyl (C=O) groups is 1. The number of thiocarbonyl (C=S) groups is 1. The summed E-state index contributed by atoms with van der Waals surface area (Å²) < 4.78 is 7.55. The number of methoxy groups -OCH3 is 1. The minimum Gasteiger partial charge on any atom is -0.496 e. The third-order valence-electron chi connectivity index (χ3n) is 5.82. The molecule has 8 heteroatoms. The van der Waals surface area contributed by atoms with Crippen molar-refractivity contribution in [2.45, 2.75) is 13.1 Å². The summed E-state index contributed by atoms with van der Waals surface area (Å²) in [4.78, 5) is 15.7. The number of hydrogen-bond donors (Lipinski definition) is 2. The Morgan fingerprint density at radius 3 is 2.40 bits per heavy atom. The lowest BCUT2D eigenvalue weighted by atomic mass is 10.1. The Morgan fingerprint density at radius 2 is 1.74 bits per heavy atom. The third-order valence-corrected chi connectivity index (χ3v) is 6.05. The van der Waals surface area contributed by atoms with E-state index in [-0.39, 0.29) is 19.4 Å². The fraction of sp³-hybridized carbons (Fsp3) is 0.185. The molecule has 0 radical (unpaired) electrons. The standard InChI is InChI=1S/C27H28N4O2S.H2S/c1-30(2)21-12-10-18(11-13-21)16-29-27(32)24-15-22-23(8-5-9-25(22)33-3)31(24)17-19-6-4-7-20(14-19)26(28)34;/h4-15H,16-17H2,1-3H3,(H2,28,34)(H,29,32);1H2. The van der Waals surface area contributed by atoms with E-state index in [1.807, 2.05) is 96.4 Å². The van der Waals surface area contributed by atoms with Crippen LogP contribution >= 0.6 is 25.7 Å². The molecular formula is C27H30N4O2S2. The number of anilines is 1. The second-order valence-corrected chi connectivity index (χ2v) is 8.76. The van der Waals surface area contributed by atoms with Crippen LogP contribution in [0.3, 0.4) is 0 Å². The number of fused-ring (bicyclic) bond motifs is 1. The summed E-state index contributed by atoms with van der Waals surface area (Å²) in [6.45, 7) is 0.926. The van der Waals surface area contributed by atoms with Crippen molar-refractivity contribution in [2.24, 2.45) is 5.73 Å². The highest BCUT2D eigenvalue weighted by molar-refractivity contribution is 7.80. The first-order valence-electron chi connectivity index (χ1n) is 11.0. The van der Waals surface area contributed by atoms with E-state index in [2.05, 4.69) is 5.32 Å². The number of hydrogen-bond acceptors (Lipinski definition) is 4. The summed E-state index contributed by atoms with van der Waals surface area (Å²) in [6.07, 6.45) is 0. The Morgan fingerprint density at radius 1 is 1.03 bits per heavy atom. The summed E-state index contributed by atoms with van der Waals surface area (Å²) >= 11 is 5.14. The highest BCUT2D eigenvalue weighted by Crippen LogP contribution is 2.30. The molecule has 0 saturated carbocycles. The fourth-order valence-corrected chi connectivity index (χ4v) is 4.11. The number of nitrogens with zero attached hydrogens (tertiary/aromatic N) is 2. The van der Waals surface area contributed by atoms with Crippen LogP contribution in [0.5, 0.6) is 5.75 Å². The molecule has 3 N–H and O–H groups in total. The Hall–Kier alpha value is -3.49. The van der Waals surface area contributed by atoms with Crippen LogP contribution in [0.15, 0.2) is 72.8 Å². The molecule has 0 bridgehead atoms. The second kappa shape index (κ2) is 11.3. The van der Waals surface area contributed by atoms with E-state index in [0.717, 1.165) is 39.0 Å². The molecule has 0 fully saturated rings. The molecule has 4 aromatic rings. The van der Waals surface area contributed by atoms with Crippen molar-refractivity contribution in [3.8, 4) is 5.75 Å². The van der Waals surface area contributed by atoms with Gasteiger partial charge in [0.1, 0.15) is 16.4 Å². The predicted molar refractivity (Wildman–Crippen MR) is 152 cm³/mol. The minimum absolute atomic E-state index is 0. The molecule has 0 atom stereocenters. The van der Waals surface area contributed by atoms with E-state index in [1.165, 1.54) is 0 Å². The molecular weight excluding hydrogens is 476 g/mol. The average Bonchev–Trinajstić information content (AvgIpc) is 3.21. The maximum atomic E-state index is 13.3. The van der Waals surface area contributed by atoms with Gasteiger partial charge in [-0.1, -0.05) is 48.6 Å². The van der Waals surface area contributed by atoms with Crippen LogP contribution in [0.4, 0.5) is 5.69 Å². The SMILES string of the molecule is COc1cccc2c1cc(C(=O)NCc1ccc(N(C)C)cc1)n2Cc1cccc(C(N)=S)c1.S. The van der Waals surface area contributed by atoms with Gasteiger partial charge < -0.3 is 25.3 Å². The van der Waals surface area contributed by atoms with E-state index < -0.39 is 0 Å². The van der Waals surface area contributed by atoms with Crippen molar-refractivity contribution < 1.29 is 9.53 Å². The van der Waals surface area contributed by atoms with Gasteiger partial charge in [-0.2, -0.15) is 13.5 Å². The number of amides is 1. The fourth-order valence-electron chi connectivity index (χ4n) is 3.98. The van der Waals surface area contributed by atoms with E-state index in [4.69, 9.17) is 22.7 Å². The van der Waals surface area contributed by atoms with Crippen molar-refractivity contribution in [1.29, 1.82) is 0 Å². The lowest BCUT2D eigenvalue weighted by Crippen LogP contribution is -2.25. The molecule has 0 spiro atoms. The quantitative estimate of drug-likeness (QED) is 0.346. The molecule has 1 amide bonds. The van der Waals surface area contributed by atoms with Gasteiger partial charge >= 0.3 is 0 Å². The van der Waals surface area contributed by atoms with E-state index in [1.54, 1.807) is 7.11 Å². The number of nitrogens with one attached hydrogen (secondary N) is 1. The lowest BCUT2D eigenvalue weighted by molar-refractivity contribution is 0.0942. The molecule has 1 heterocycles. The van der Waals surface area contributed by atoms with Crippen LogP contribution in [0.2, 0.25) is 0 Å². The summed E-state index contributed by atoms with van der Waals surface area (Å²) in [7, 11) is 5.64. The summed E-state index contributed by atoms with van der Waals surface area (Å²) in [5.41, 5.74) is 11.2. The highest BCUT2D eigenvalue weighted by atomic mass is 32.1. The van der Waals surface area contributed by atoms with Crippen LogP contribution in [-0.4, -0.2) is 36.7 Å². The molecule has 3 aromatic carbocycles. The van der Waals surface area contributed by atoms with E-state index >= 15 is 0 Å². The normalized spacial score (nSPS) is 10.5. The molecule has 35 heavy (non-hydrogen) atoms. The molecule has 182 valence electrons. The van der Waals surface area contributed by atoms with Gasteiger partial charge in [-0.3, -0.25) is 4.79 Å². The van der Waals surface area contributed by atoms with Gasteiger partial charge in [0.15, 0.2) is 0 Å². The first kappa shape index (κ1) is 26.1. The van der Waals surface area contributed by atoms with Crippen LogP contribution in [0, 0.1) is 0 Å². The highest BCUT2D eigenvalue weighted by Gasteiger charge is 2.18. The molecule has 4 rings (SSSR count). The number of ether oxygens (including phenoxy) is 1. The van der Waals surface area contributed by atoms with Gasteiger partial charge in [-0.05, 0) is 47.5 Å². The molecule has 0 unspecified atom stereocenters. The number of aromatic nitrogens is 1. The smallest absolute Gasteiger partial charge is 0.268 e. The van der Waals surface area contributed by atoms with Gasteiger partial charge in [0.2, 0.25) is 0 Å². The third kappa shape index (κ3) is 5.78. The Balaban J connectivity index is 0.00000342. The van der Waals surface area contributed by atoms with Gasteiger partial charge in [-0.15, -0.1) is 0 Å². The predicted octanol–water partition coefficient (Wildman–Crippen LogP) is 4.44. The Bertz CT molecular complexity index is 1350. The summed E-state index contributed by atoms with van der Waals surface area (Å²) in [5.74, 6) is 0.571. The van der Waals surface area contributed by atoms with Crippen LogP contribution < -0.4 is 20.7 Å². The molecule has 0 saturated heterocycles. The van der Waals surface area contributed by atoms with Gasteiger partial charge in [-0.25, -0.2) is 0 Å². The zero-order valence-electron chi connectivity index (χ0n) is 20.0. The van der Waals surface area contributed by atoms with Crippen LogP contribution in [0.25, 0.3) is 10.9 Å². The number of carbonyl (C=O) groups excluding carboxylic acids is 1. The largest absolute Gasteiger partial charge is 0.496 e. The summed E-state index contributed by atoms with van der Waals surface area (Å²) in [5, 5.41) is 3.95. The van der Waals surface area contributed by atoms with Crippen molar-refractivity contribution in [2.75, 3.05) is 26.1 Å². The van der Waals surface area contributed by atoms with Crippen molar-refractivity contribution in [1.82, 2.24) is 9.88 Å². The second-order valence-electron chi connectivity index (χ2n) is 8.32. The summed E-state index contributed by atoms with van der Waals surface area (Å²) in [6, 6.07) is 23.6. The monoisotopic (exact) mass is 506 g/mol. The molecule has 0 aliphatic heterocycles. The van der Waals surface area contributed by atoms with Crippen molar-refractivity contribution in [3.05, 3.63) is 95.2 Å². The zero-order valence-corrected chi connectivity index (χ0v) is 21.9. The van der Waals surface area contributed by atoms with Gasteiger partial charge in [0.05, 0.1) is 12.6 Å². The molecule has 0 aliphatic rings. The first-order chi connectivity index (χ1) is 16.4. The van der Waals surface area contributed by atoms with Crippen LogP contribution in [-0.2, 0) is 13.1 Å². The zero-order chi connectivity index (χ0) is 24.2. The molecule has 6 nitrogen and oxygen atoms in total. The average molecular weight is 507 g/mol. The maximum Gasteiger partial charge on any atom is 0.268 e. The molecule has 0 aliphatic carbocycles. The van der Waals surface area contributed by atoms with Gasteiger partial charge in [0, 0.05) is 43.8 Å². The van der Waals surface area contributed by atoms with Crippen LogP contribution in [0.1, 0.15) is 27.2 Å².